The Morgan fingerprint density at radius 1 is 0.600 bits per heavy atom. The van der Waals surface area contributed by atoms with Gasteiger partial charge < -0.3 is 4.74 Å². The third-order valence-corrected chi connectivity index (χ3v) is 3.81. The van der Waals surface area contributed by atoms with Gasteiger partial charge in [-0.05, 0) is 30.3 Å². The minimum atomic E-state index is 0.569. The Labute approximate surface area is 146 Å². The molecule has 4 aromatic rings. The molecule has 3 nitrogen and oxygen atoms in total. The van der Waals surface area contributed by atoms with E-state index in [2.05, 4.69) is 9.97 Å². The maximum absolute atomic E-state index is 5.96. The molecule has 2 aromatic carbocycles. The van der Waals surface area contributed by atoms with Crippen LogP contribution in [0.5, 0.6) is 11.6 Å². The highest BCUT2D eigenvalue weighted by atomic mass is 16.5. The van der Waals surface area contributed by atoms with E-state index in [1.807, 2.05) is 91.0 Å². The molecule has 3 heteroatoms. The van der Waals surface area contributed by atoms with Gasteiger partial charge in [0.1, 0.15) is 5.75 Å². The molecular weight excluding hydrogens is 308 g/mol. The van der Waals surface area contributed by atoms with E-state index in [-0.39, 0.29) is 0 Å². The maximum Gasteiger partial charge on any atom is 0.219 e. The Morgan fingerprint density at radius 2 is 1.36 bits per heavy atom. The lowest BCUT2D eigenvalue weighted by molar-refractivity contribution is 0.464. The Bertz CT molecular complexity index is 888. The lowest BCUT2D eigenvalue weighted by Crippen LogP contribution is -1.91. The summed E-state index contributed by atoms with van der Waals surface area (Å²) in [5, 5.41) is 0. The first-order valence-electron chi connectivity index (χ1n) is 8.10. The van der Waals surface area contributed by atoms with Gasteiger partial charge in [-0.3, -0.25) is 4.98 Å². The molecule has 2 aromatic heterocycles. The fourth-order valence-corrected chi connectivity index (χ4v) is 2.61. The number of nitrogens with zero attached hydrogens (tertiary/aromatic N) is 2. The number of hydrogen-bond donors (Lipinski definition) is 0. The highest BCUT2D eigenvalue weighted by molar-refractivity contribution is 5.61. The molecular formula is C22H16N2O. The van der Waals surface area contributed by atoms with E-state index in [1.165, 1.54) is 0 Å². The van der Waals surface area contributed by atoms with Crippen LogP contribution in [0, 0.1) is 0 Å². The predicted molar refractivity (Wildman–Crippen MR) is 99.4 cm³/mol. The molecule has 0 radical (unpaired) electrons. The van der Waals surface area contributed by atoms with E-state index in [0.29, 0.717) is 5.88 Å². The summed E-state index contributed by atoms with van der Waals surface area (Å²) in [7, 11) is 0. The number of pyridine rings is 2. The Hall–Kier alpha value is -3.46. The number of benzene rings is 2. The third-order valence-electron chi connectivity index (χ3n) is 3.81. The highest BCUT2D eigenvalue weighted by Crippen LogP contribution is 2.27. The molecule has 0 fully saturated rings. The van der Waals surface area contributed by atoms with Crippen molar-refractivity contribution in [2.75, 3.05) is 0 Å². The topological polar surface area (TPSA) is 35.0 Å². The number of ether oxygens (including phenoxy) is 1. The summed E-state index contributed by atoms with van der Waals surface area (Å²) >= 11 is 0. The third kappa shape index (κ3) is 3.56. The molecule has 0 amide bonds. The molecule has 120 valence electrons. The van der Waals surface area contributed by atoms with Crippen molar-refractivity contribution in [2.45, 2.75) is 0 Å². The minimum Gasteiger partial charge on any atom is -0.439 e. The lowest BCUT2D eigenvalue weighted by Gasteiger charge is -2.08. The predicted octanol–water partition coefficient (Wildman–Crippen LogP) is 5.60. The summed E-state index contributed by atoms with van der Waals surface area (Å²) in [6.45, 7) is 0. The molecule has 0 N–H and O–H groups in total. The fraction of sp³-hybridized carbons (Fsp3) is 0. The summed E-state index contributed by atoms with van der Waals surface area (Å²) in [5.74, 6) is 1.31. The lowest BCUT2D eigenvalue weighted by atomic mass is 10.1. The molecule has 0 atom stereocenters. The Balaban J connectivity index is 1.61. The summed E-state index contributed by atoms with van der Waals surface area (Å²) < 4.78 is 5.96. The summed E-state index contributed by atoms with van der Waals surface area (Å²) in [6.07, 6.45) is 1.79. The van der Waals surface area contributed by atoms with Crippen LogP contribution in [0.25, 0.3) is 22.5 Å². The van der Waals surface area contributed by atoms with E-state index in [1.54, 1.807) is 6.20 Å². The first-order chi connectivity index (χ1) is 12.4. The van der Waals surface area contributed by atoms with Crippen LogP contribution in [0.15, 0.2) is 97.2 Å². The van der Waals surface area contributed by atoms with Crippen molar-refractivity contribution in [3.63, 3.8) is 0 Å². The van der Waals surface area contributed by atoms with Crippen LogP contribution in [0.4, 0.5) is 0 Å². The highest BCUT2D eigenvalue weighted by Gasteiger charge is 2.05. The van der Waals surface area contributed by atoms with Gasteiger partial charge >= 0.3 is 0 Å². The van der Waals surface area contributed by atoms with E-state index in [0.717, 1.165) is 28.3 Å². The number of rotatable bonds is 4. The second-order valence-corrected chi connectivity index (χ2v) is 5.57. The molecule has 0 aliphatic heterocycles. The molecule has 25 heavy (non-hydrogen) atoms. The first-order valence-corrected chi connectivity index (χ1v) is 8.10. The Morgan fingerprint density at radius 3 is 2.20 bits per heavy atom. The zero-order valence-electron chi connectivity index (χ0n) is 13.5. The van der Waals surface area contributed by atoms with Gasteiger partial charge in [0.2, 0.25) is 5.88 Å². The van der Waals surface area contributed by atoms with Gasteiger partial charge in [-0.1, -0.05) is 54.6 Å². The van der Waals surface area contributed by atoms with Crippen molar-refractivity contribution < 1.29 is 4.74 Å². The van der Waals surface area contributed by atoms with Gasteiger partial charge in [-0.25, -0.2) is 4.98 Å². The second kappa shape index (κ2) is 6.97. The zero-order chi connectivity index (χ0) is 16.9. The SMILES string of the molecule is c1ccc(-c2cccc(Oc3cccc(-c4ccccn4)c3)n2)cc1. The molecule has 0 aliphatic carbocycles. The van der Waals surface area contributed by atoms with Crippen LogP contribution in [-0.2, 0) is 0 Å². The van der Waals surface area contributed by atoms with Crippen LogP contribution in [0.1, 0.15) is 0 Å². The average molecular weight is 324 g/mol. The normalized spacial score (nSPS) is 10.4. The first kappa shape index (κ1) is 15.1. The minimum absolute atomic E-state index is 0.569. The molecule has 4 rings (SSSR count). The van der Waals surface area contributed by atoms with Crippen molar-refractivity contribution >= 4 is 0 Å². The van der Waals surface area contributed by atoms with Crippen LogP contribution in [0.3, 0.4) is 0 Å². The van der Waals surface area contributed by atoms with Gasteiger partial charge in [-0.15, -0.1) is 0 Å². The average Bonchev–Trinajstić information content (AvgIpc) is 2.70. The van der Waals surface area contributed by atoms with Crippen LogP contribution in [-0.4, -0.2) is 9.97 Å². The monoisotopic (exact) mass is 324 g/mol. The van der Waals surface area contributed by atoms with Crippen LogP contribution < -0.4 is 4.74 Å². The summed E-state index contributed by atoms with van der Waals surface area (Å²) in [5.41, 5.74) is 3.88. The molecule has 2 heterocycles. The van der Waals surface area contributed by atoms with Gasteiger partial charge in [0, 0.05) is 23.4 Å². The largest absolute Gasteiger partial charge is 0.439 e. The fourth-order valence-electron chi connectivity index (χ4n) is 2.61. The van der Waals surface area contributed by atoms with Gasteiger partial charge in [0.05, 0.1) is 11.4 Å². The van der Waals surface area contributed by atoms with Crippen LogP contribution >= 0.6 is 0 Å². The van der Waals surface area contributed by atoms with Gasteiger partial charge in [0.25, 0.3) is 0 Å². The molecule has 0 unspecified atom stereocenters. The zero-order valence-corrected chi connectivity index (χ0v) is 13.5. The number of hydrogen-bond acceptors (Lipinski definition) is 3. The van der Waals surface area contributed by atoms with Crippen molar-refractivity contribution in [3.05, 3.63) is 97.2 Å². The van der Waals surface area contributed by atoms with Gasteiger partial charge in [-0.2, -0.15) is 0 Å². The summed E-state index contributed by atoms with van der Waals surface area (Å²) in [6, 6.07) is 29.6. The second-order valence-electron chi connectivity index (χ2n) is 5.57. The standard InChI is InChI=1S/C22H16N2O/c1-2-8-17(9-3-1)21-13-7-14-22(24-21)25-19-11-6-10-18(16-19)20-12-4-5-15-23-20/h1-16H. The van der Waals surface area contributed by atoms with Crippen LogP contribution in [0.2, 0.25) is 0 Å². The van der Waals surface area contributed by atoms with Crippen molar-refractivity contribution in [1.29, 1.82) is 0 Å². The van der Waals surface area contributed by atoms with E-state index < -0.39 is 0 Å². The van der Waals surface area contributed by atoms with E-state index in [9.17, 15) is 0 Å². The molecule has 0 spiro atoms. The van der Waals surface area contributed by atoms with E-state index >= 15 is 0 Å². The molecule has 0 bridgehead atoms. The number of aromatic nitrogens is 2. The van der Waals surface area contributed by atoms with Crippen molar-refractivity contribution in [3.8, 4) is 34.1 Å². The van der Waals surface area contributed by atoms with Crippen molar-refractivity contribution in [2.24, 2.45) is 0 Å². The smallest absolute Gasteiger partial charge is 0.219 e. The molecule has 0 saturated heterocycles. The maximum atomic E-state index is 5.96. The van der Waals surface area contributed by atoms with Gasteiger partial charge in [0.15, 0.2) is 0 Å². The van der Waals surface area contributed by atoms with Crippen molar-refractivity contribution in [1.82, 2.24) is 9.97 Å². The van der Waals surface area contributed by atoms with E-state index in [4.69, 9.17) is 4.74 Å². The quantitative estimate of drug-likeness (QED) is 0.490. The molecule has 0 saturated carbocycles. The molecule has 0 aliphatic rings. The Kier molecular flexibility index (Phi) is 4.21. The summed E-state index contributed by atoms with van der Waals surface area (Å²) in [4.78, 5) is 8.98.